The fourth-order valence-electron chi connectivity index (χ4n) is 1.58. The smallest absolute Gasteiger partial charge is 0.335 e. The third-order valence-corrected chi connectivity index (χ3v) is 2.40. The summed E-state index contributed by atoms with van der Waals surface area (Å²) in [6.07, 6.45) is 3.22. The summed E-state index contributed by atoms with van der Waals surface area (Å²) in [4.78, 5) is 14.7. The van der Waals surface area contributed by atoms with E-state index in [9.17, 15) is 9.18 Å². The molecule has 0 saturated heterocycles. The number of aromatic nitrogens is 1. The molecule has 2 aromatic rings. The highest BCUT2D eigenvalue weighted by molar-refractivity contribution is 5.88. The predicted molar refractivity (Wildman–Crippen MR) is 61.3 cm³/mol. The van der Waals surface area contributed by atoms with Crippen LogP contribution in [0.4, 0.5) is 4.39 Å². The maximum atomic E-state index is 13.7. The molecule has 0 aliphatic heterocycles. The van der Waals surface area contributed by atoms with E-state index in [0.29, 0.717) is 11.1 Å². The molecular weight excluding hydrogens is 221 g/mol. The molecule has 86 valence electrons. The number of aromatic carboxylic acids is 1. The van der Waals surface area contributed by atoms with E-state index < -0.39 is 11.8 Å². The molecular formula is C13H10FNO2. The van der Waals surface area contributed by atoms with Crippen molar-refractivity contribution < 1.29 is 14.3 Å². The number of halogens is 1. The fraction of sp³-hybridized carbons (Fsp3) is 0.0769. The molecule has 17 heavy (non-hydrogen) atoms. The van der Waals surface area contributed by atoms with Crippen molar-refractivity contribution in [2.75, 3.05) is 0 Å². The van der Waals surface area contributed by atoms with Crippen molar-refractivity contribution in [2.24, 2.45) is 0 Å². The monoisotopic (exact) mass is 231 g/mol. The van der Waals surface area contributed by atoms with Gasteiger partial charge in [-0.15, -0.1) is 0 Å². The molecule has 0 atom stereocenters. The number of benzene rings is 1. The quantitative estimate of drug-likeness (QED) is 0.864. The van der Waals surface area contributed by atoms with Gasteiger partial charge in [0.1, 0.15) is 5.82 Å². The summed E-state index contributed by atoms with van der Waals surface area (Å²) in [5.74, 6) is -1.70. The van der Waals surface area contributed by atoms with Gasteiger partial charge in [-0.05, 0) is 30.7 Å². The Morgan fingerprint density at radius 2 is 2.06 bits per heavy atom. The van der Waals surface area contributed by atoms with Crippen LogP contribution in [0, 0.1) is 12.7 Å². The Bertz CT molecular complexity index is 581. The highest BCUT2D eigenvalue weighted by Gasteiger charge is 2.10. The van der Waals surface area contributed by atoms with E-state index in [0.717, 1.165) is 11.6 Å². The second-order valence-electron chi connectivity index (χ2n) is 3.75. The van der Waals surface area contributed by atoms with Gasteiger partial charge in [-0.1, -0.05) is 6.07 Å². The maximum absolute atomic E-state index is 13.7. The predicted octanol–water partition coefficient (Wildman–Crippen LogP) is 2.89. The molecule has 0 aliphatic carbocycles. The van der Waals surface area contributed by atoms with E-state index in [1.165, 1.54) is 12.1 Å². The zero-order valence-electron chi connectivity index (χ0n) is 9.14. The highest BCUT2D eigenvalue weighted by Crippen LogP contribution is 2.23. The minimum Gasteiger partial charge on any atom is -0.478 e. The van der Waals surface area contributed by atoms with Crippen LogP contribution in [0.25, 0.3) is 11.1 Å². The van der Waals surface area contributed by atoms with Gasteiger partial charge in [0.15, 0.2) is 0 Å². The van der Waals surface area contributed by atoms with Crippen molar-refractivity contribution >= 4 is 5.97 Å². The van der Waals surface area contributed by atoms with Crippen molar-refractivity contribution in [3.63, 3.8) is 0 Å². The van der Waals surface area contributed by atoms with Crippen molar-refractivity contribution in [1.29, 1.82) is 0 Å². The molecule has 0 spiro atoms. The van der Waals surface area contributed by atoms with Crippen molar-refractivity contribution in [3.05, 3.63) is 53.6 Å². The van der Waals surface area contributed by atoms with Crippen LogP contribution in [0.1, 0.15) is 15.9 Å². The number of pyridine rings is 1. The van der Waals surface area contributed by atoms with Crippen LogP contribution in [0.5, 0.6) is 0 Å². The lowest BCUT2D eigenvalue weighted by Gasteiger charge is -2.04. The van der Waals surface area contributed by atoms with Crippen molar-refractivity contribution in [3.8, 4) is 11.1 Å². The van der Waals surface area contributed by atoms with Crippen LogP contribution in [-0.2, 0) is 0 Å². The van der Waals surface area contributed by atoms with Gasteiger partial charge in [-0.3, -0.25) is 4.98 Å². The van der Waals surface area contributed by atoms with Gasteiger partial charge in [-0.25, -0.2) is 9.18 Å². The number of hydrogen-bond acceptors (Lipinski definition) is 2. The molecule has 0 saturated carbocycles. The lowest BCUT2D eigenvalue weighted by Crippen LogP contribution is -1.97. The summed E-state index contributed by atoms with van der Waals surface area (Å²) in [6, 6.07) is 5.64. The summed E-state index contributed by atoms with van der Waals surface area (Å²) in [7, 11) is 0. The van der Waals surface area contributed by atoms with Crippen LogP contribution < -0.4 is 0 Å². The molecule has 0 aliphatic rings. The molecule has 1 N–H and O–H groups in total. The third kappa shape index (κ3) is 2.30. The van der Waals surface area contributed by atoms with E-state index >= 15 is 0 Å². The van der Waals surface area contributed by atoms with Crippen molar-refractivity contribution in [1.82, 2.24) is 4.98 Å². The third-order valence-electron chi connectivity index (χ3n) is 2.40. The van der Waals surface area contributed by atoms with E-state index in [1.807, 2.05) is 6.92 Å². The fourth-order valence-corrected chi connectivity index (χ4v) is 1.58. The van der Waals surface area contributed by atoms with Gasteiger partial charge in [0.25, 0.3) is 0 Å². The van der Waals surface area contributed by atoms with E-state index in [-0.39, 0.29) is 5.56 Å². The molecule has 2 rings (SSSR count). The molecule has 0 bridgehead atoms. The lowest BCUT2D eigenvalue weighted by molar-refractivity contribution is 0.0696. The molecule has 0 unspecified atom stereocenters. The number of rotatable bonds is 2. The normalized spacial score (nSPS) is 10.2. The van der Waals surface area contributed by atoms with E-state index in [1.54, 1.807) is 18.5 Å². The van der Waals surface area contributed by atoms with Gasteiger partial charge in [0.2, 0.25) is 0 Å². The van der Waals surface area contributed by atoms with E-state index in [2.05, 4.69) is 4.98 Å². The molecule has 0 radical (unpaired) electrons. The molecule has 0 amide bonds. The molecule has 4 heteroatoms. The summed E-state index contributed by atoms with van der Waals surface area (Å²) >= 11 is 0. The second-order valence-corrected chi connectivity index (χ2v) is 3.75. The lowest BCUT2D eigenvalue weighted by atomic mass is 10.0. The maximum Gasteiger partial charge on any atom is 0.335 e. The Hall–Kier alpha value is -2.23. The molecule has 1 heterocycles. The Morgan fingerprint density at radius 1 is 1.29 bits per heavy atom. The Balaban J connectivity index is 2.50. The summed E-state index contributed by atoms with van der Waals surface area (Å²) in [5.41, 5.74) is 1.85. The number of aryl methyl sites for hydroxylation is 1. The summed E-state index contributed by atoms with van der Waals surface area (Å²) < 4.78 is 13.7. The van der Waals surface area contributed by atoms with Crippen molar-refractivity contribution in [2.45, 2.75) is 6.92 Å². The van der Waals surface area contributed by atoms with Gasteiger partial charge >= 0.3 is 5.97 Å². The first-order valence-corrected chi connectivity index (χ1v) is 5.03. The van der Waals surface area contributed by atoms with Gasteiger partial charge in [-0.2, -0.15) is 0 Å². The Labute approximate surface area is 97.6 Å². The van der Waals surface area contributed by atoms with Gasteiger partial charge in [0.05, 0.1) is 5.56 Å². The molecule has 1 aromatic carbocycles. The first-order chi connectivity index (χ1) is 8.08. The molecule has 3 nitrogen and oxygen atoms in total. The first kappa shape index (κ1) is 11.3. The minimum atomic E-state index is -1.14. The van der Waals surface area contributed by atoms with Crippen LogP contribution in [-0.4, -0.2) is 16.1 Å². The molecule has 0 fully saturated rings. The van der Waals surface area contributed by atoms with Gasteiger partial charge < -0.3 is 5.11 Å². The zero-order valence-corrected chi connectivity index (χ0v) is 9.14. The summed E-state index contributed by atoms with van der Waals surface area (Å²) in [5, 5.41) is 8.74. The van der Waals surface area contributed by atoms with E-state index in [4.69, 9.17) is 5.11 Å². The van der Waals surface area contributed by atoms with Crippen LogP contribution in [0.3, 0.4) is 0 Å². The van der Waals surface area contributed by atoms with Crippen LogP contribution >= 0.6 is 0 Å². The number of carboxylic acid groups (broad SMARTS) is 1. The number of hydrogen-bond donors (Lipinski definition) is 1. The largest absolute Gasteiger partial charge is 0.478 e. The Kier molecular flexibility index (Phi) is 2.87. The zero-order chi connectivity index (χ0) is 12.4. The Morgan fingerprint density at radius 3 is 2.65 bits per heavy atom. The highest BCUT2D eigenvalue weighted by atomic mass is 19.1. The van der Waals surface area contributed by atoms with Crippen LogP contribution in [0.15, 0.2) is 36.7 Å². The standard InChI is InChI=1S/C13H10FNO2/c1-8-4-10(7-15-6-8)11-3-2-9(13(16)17)5-12(11)14/h2-7H,1H3,(H,16,17). The average molecular weight is 231 g/mol. The molecule has 1 aromatic heterocycles. The first-order valence-electron chi connectivity index (χ1n) is 5.03. The number of carboxylic acids is 1. The number of nitrogens with zero attached hydrogens (tertiary/aromatic N) is 1. The topological polar surface area (TPSA) is 50.2 Å². The number of carbonyl (C=O) groups is 1. The van der Waals surface area contributed by atoms with Gasteiger partial charge in [0, 0.05) is 23.5 Å². The minimum absolute atomic E-state index is 0.0631. The second kappa shape index (κ2) is 4.33. The van der Waals surface area contributed by atoms with Crippen LogP contribution in [0.2, 0.25) is 0 Å². The average Bonchev–Trinajstić information content (AvgIpc) is 2.28. The summed E-state index contributed by atoms with van der Waals surface area (Å²) in [6.45, 7) is 1.86. The SMILES string of the molecule is Cc1cncc(-c2ccc(C(=O)O)cc2F)c1.